The van der Waals surface area contributed by atoms with Crippen molar-refractivity contribution in [1.29, 1.82) is 0 Å². The third-order valence-electron chi connectivity index (χ3n) is 12.8. The van der Waals surface area contributed by atoms with Gasteiger partial charge in [-0.2, -0.15) is 0 Å². The largest absolute Gasteiger partial charge is 0.305 e. The first-order chi connectivity index (χ1) is 29.0. The molecule has 1 unspecified atom stereocenters. The molecule has 2 aliphatic rings. The van der Waals surface area contributed by atoms with Crippen molar-refractivity contribution >= 4 is 16.9 Å². The number of nitrogens with zero attached hydrogens (tertiary/aromatic N) is 7. The summed E-state index contributed by atoms with van der Waals surface area (Å²) < 4.78 is 4.41. The van der Waals surface area contributed by atoms with E-state index in [4.69, 9.17) is 20.3 Å². The molecule has 0 bridgehead atoms. The maximum atomic E-state index is 12.8. The zero-order chi connectivity index (χ0) is 39.9. The van der Waals surface area contributed by atoms with Gasteiger partial charge in [-0.1, -0.05) is 147 Å². The molecule has 0 radical (unpaired) electrons. The number of carbonyl (C=O) groups excluding carboxylic acids is 1. The number of fused-ring (bicyclic) bond motifs is 2. The molecule has 0 amide bonds. The van der Waals surface area contributed by atoms with Gasteiger partial charge in [-0.05, 0) is 100 Å². The number of carbonyl (C=O) groups is 1. The number of pyridine rings is 1. The highest BCUT2D eigenvalue weighted by Crippen LogP contribution is 2.45. The van der Waals surface area contributed by atoms with Gasteiger partial charge in [0.1, 0.15) is 22.7 Å². The number of rotatable bonds is 10. The highest BCUT2D eigenvalue weighted by atomic mass is 16.1. The summed E-state index contributed by atoms with van der Waals surface area (Å²) >= 11 is 0. The van der Waals surface area contributed by atoms with E-state index >= 15 is 0 Å². The number of aryl methyl sites for hydroxylation is 3. The molecule has 0 saturated heterocycles. The van der Waals surface area contributed by atoms with E-state index in [0.717, 1.165) is 100 Å². The van der Waals surface area contributed by atoms with E-state index in [1.165, 1.54) is 11.1 Å². The summed E-state index contributed by atoms with van der Waals surface area (Å²) in [6, 6.07) is 49.3. The predicted molar refractivity (Wildman–Crippen MR) is 232 cm³/mol. The van der Waals surface area contributed by atoms with Crippen molar-refractivity contribution in [3.63, 3.8) is 0 Å². The van der Waals surface area contributed by atoms with E-state index in [0.29, 0.717) is 24.4 Å². The molecule has 8 aromatic rings. The molecule has 59 heavy (non-hydrogen) atoms. The van der Waals surface area contributed by atoms with Crippen molar-refractivity contribution in [2.45, 2.75) is 76.8 Å². The normalized spacial score (nSPS) is 16.7. The fraction of sp³-hybridized carbons (Fsp3) is 0.255. The van der Waals surface area contributed by atoms with Crippen LogP contribution in [0.3, 0.4) is 0 Å². The lowest BCUT2D eigenvalue weighted by Gasteiger charge is -2.36. The molecule has 0 N–H and O–H groups in total. The Balaban J connectivity index is 1.07. The maximum absolute atomic E-state index is 12.8. The van der Waals surface area contributed by atoms with E-state index in [1.807, 2.05) is 22.9 Å². The van der Waals surface area contributed by atoms with Gasteiger partial charge < -0.3 is 4.57 Å². The molecule has 3 aromatic heterocycles. The van der Waals surface area contributed by atoms with Crippen LogP contribution in [0.2, 0.25) is 0 Å². The third-order valence-corrected chi connectivity index (χ3v) is 12.8. The molecule has 5 aromatic carbocycles. The van der Waals surface area contributed by atoms with Crippen LogP contribution in [0.5, 0.6) is 0 Å². The van der Waals surface area contributed by atoms with Crippen molar-refractivity contribution in [2.75, 3.05) is 0 Å². The number of Topliss-reactive ketones (excluding diaryl/α,β-unsaturated/α-hetero) is 1. The summed E-state index contributed by atoms with van der Waals surface area (Å²) in [5.74, 6) is 2.19. The van der Waals surface area contributed by atoms with Crippen LogP contribution in [0.25, 0.3) is 33.7 Å². The molecule has 2 atom stereocenters. The zero-order valence-corrected chi connectivity index (χ0v) is 33.6. The second-order valence-corrected chi connectivity index (χ2v) is 16.2. The molecule has 1 fully saturated rings. The molecule has 8 heteroatoms. The van der Waals surface area contributed by atoms with Crippen LogP contribution in [0.4, 0.5) is 0 Å². The molecule has 1 saturated carbocycles. The van der Waals surface area contributed by atoms with Gasteiger partial charge in [-0.15, -0.1) is 5.10 Å². The van der Waals surface area contributed by atoms with Crippen molar-refractivity contribution < 1.29 is 4.79 Å². The van der Waals surface area contributed by atoms with Crippen LogP contribution < -0.4 is 0 Å². The van der Waals surface area contributed by atoms with Gasteiger partial charge in [0.15, 0.2) is 11.5 Å². The number of aromatic nitrogens is 7. The lowest BCUT2D eigenvalue weighted by molar-refractivity contribution is -0.124. The van der Waals surface area contributed by atoms with Crippen molar-refractivity contribution in [3.8, 4) is 22.5 Å². The highest BCUT2D eigenvalue weighted by Gasteiger charge is 2.42. The Kier molecular flexibility index (Phi) is 9.55. The Bertz CT molecular complexity index is 2690. The quantitative estimate of drug-likeness (QED) is 0.129. The molecule has 10 rings (SSSR count). The lowest BCUT2D eigenvalue weighted by Crippen LogP contribution is -2.39. The second kappa shape index (κ2) is 15.3. The van der Waals surface area contributed by atoms with Gasteiger partial charge in [0.05, 0.1) is 6.04 Å². The van der Waals surface area contributed by atoms with Crippen molar-refractivity contribution in [1.82, 2.24) is 34.7 Å². The summed E-state index contributed by atoms with van der Waals surface area (Å²) in [4.78, 5) is 23.2. The van der Waals surface area contributed by atoms with Gasteiger partial charge >= 0.3 is 0 Å². The summed E-state index contributed by atoms with van der Waals surface area (Å²) in [5, 5.41) is 14.0. The standard InChI is InChI=1S/C51H47N7O/c1-3-47-53-48-34(2)31-41(33-37-17-13-16-26-46(37)59)52-50(48)57(47)45-30-28-36-32-35(27-29-43(36)45)42-24-14-15-25-44(42)49-54-55-56-58(49)51(38-18-7-4-8-19-38,39-20-9-5-10-21-39)40-22-11-6-12-23-40/h4-12,14-15,18-25,27,29,31-32,37,45H,3,13,16-17,26,28,30,33H2,1-2H3/t37?,45-/m0/s1. The minimum absolute atomic E-state index is 0.0691. The van der Waals surface area contributed by atoms with E-state index in [-0.39, 0.29) is 12.0 Å². The van der Waals surface area contributed by atoms with Crippen LogP contribution in [0.15, 0.2) is 140 Å². The molecule has 3 heterocycles. The van der Waals surface area contributed by atoms with Gasteiger partial charge in [-0.3, -0.25) is 4.79 Å². The van der Waals surface area contributed by atoms with Crippen LogP contribution in [-0.4, -0.2) is 40.5 Å². The Hall–Kier alpha value is -6.54. The van der Waals surface area contributed by atoms with Crippen LogP contribution >= 0.6 is 0 Å². The molecule has 0 aliphatic heterocycles. The first kappa shape index (κ1) is 36.8. The number of tetrazole rings is 1. The number of benzene rings is 5. The lowest BCUT2D eigenvalue weighted by atomic mass is 9.77. The Morgan fingerprint density at radius 2 is 1.37 bits per heavy atom. The average molecular weight is 774 g/mol. The first-order valence-electron chi connectivity index (χ1n) is 21.1. The molecule has 8 nitrogen and oxygen atoms in total. The number of ketones is 1. The minimum atomic E-state index is -0.858. The summed E-state index contributed by atoms with van der Waals surface area (Å²) in [6.45, 7) is 4.32. The topological polar surface area (TPSA) is 91.4 Å². The minimum Gasteiger partial charge on any atom is -0.305 e. The Labute approximate surface area is 345 Å². The van der Waals surface area contributed by atoms with Gasteiger partial charge in [-0.25, -0.2) is 14.6 Å². The number of imidazole rings is 1. The molecular formula is C51H47N7O. The number of hydrogen-bond acceptors (Lipinski definition) is 6. The molecular weight excluding hydrogens is 727 g/mol. The Morgan fingerprint density at radius 1 is 0.712 bits per heavy atom. The van der Waals surface area contributed by atoms with Crippen LogP contribution in [0.1, 0.15) is 90.0 Å². The third kappa shape index (κ3) is 6.29. The SMILES string of the molecule is CCc1nc2c(C)cc(CC3CCCCC3=O)nc2n1[C@H]1CCc2cc(-c3ccccc3-c3nnnn3C(c3ccccc3)(c3ccccc3)c3ccccc3)ccc21. The predicted octanol–water partition coefficient (Wildman–Crippen LogP) is 10.3. The first-order valence-corrected chi connectivity index (χ1v) is 21.1. The van der Waals surface area contributed by atoms with Crippen molar-refractivity contribution in [2.24, 2.45) is 5.92 Å². The molecule has 2 aliphatic carbocycles. The molecule has 0 spiro atoms. The summed E-state index contributed by atoms with van der Waals surface area (Å²) in [6.07, 6.45) is 7.23. The van der Waals surface area contributed by atoms with Gasteiger partial charge in [0.2, 0.25) is 0 Å². The summed E-state index contributed by atoms with van der Waals surface area (Å²) in [7, 11) is 0. The fourth-order valence-electron chi connectivity index (χ4n) is 9.98. The second-order valence-electron chi connectivity index (χ2n) is 16.2. The maximum Gasteiger partial charge on any atom is 0.184 e. The number of hydrogen-bond donors (Lipinski definition) is 0. The molecule has 292 valence electrons. The average Bonchev–Trinajstić information content (AvgIpc) is 4.04. The highest BCUT2D eigenvalue weighted by molar-refractivity contribution is 5.83. The van der Waals surface area contributed by atoms with Gasteiger partial charge in [0.25, 0.3) is 0 Å². The smallest absolute Gasteiger partial charge is 0.184 e. The van der Waals surface area contributed by atoms with E-state index in [2.05, 4.69) is 145 Å². The summed E-state index contributed by atoms with van der Waals surface area (Å²) in [5.41, 5.74) is 12.2. The van der Waals surface area contributed by atoms with E-state index < -0.39 is 5.54 Å². The Morgan fingerprint density at radius 3 is 2.03 bits per heavy atom. The van der Waals surface area contributed by atoms with Crippen molar-refractivity contribution in [3.05, 3.63) is 184 Å². The monoisotopic (exact) mass is 773 g/mol. The van der Waals surface area contributed by atoms with Crippen LogP contribution in [-0.2, 0) is 29.6 Å². The van der Waals surface area contributed by atoms with E-state index in [9.17, 15) is 4.79 Å². The fourth-order valence-corrected chi connectivity index (χ4v) is 9.98. The van der Waals surface area contributed by atoms with Gasteiger partial charge in [0, 0.05) is 30.0 Å². The zero-order valence-electron chi connectivity index (χ0n) is 33.6. The van der Waals surface area contributed by atoms with Crippen LogP contribution in [0, 0.1) is 12.8 Å². The van der Waals surface area contributed by atoms with E-state index in [1.54, 1.807) is 0 Å².